The molecule has 0 aliphatic carbocycles. The molecule has 0 spiro atoms. The molecule has 6 heteroatoms. The van der Waals surface area contributed by atoms with E-state index in [1.54, 1.807) is 48.1 Å². The molecule has 0 radical (unpaired) electrons. The molecule has 1 amide bonds. The molecule has 3 aromatic heterocycles. The van der Waals surface area contributed by atoms with E-state index in [-0.39, 0.29) is 12.5 Å². The number of hydrogen-bond acceptors (Lipinski definition) is 4. The number of carbonyl (C=O) groups is 1. The van der Waals surface area contributed by atoms with E-state index in [4.69, 9.17) is 4.42 Å². The molecule has 1 N–H and O–H groups in total. The van der Waals surface area contributed by atoms with Gasteiger partial charge in [0.2, 0.25) is 5.91 Å². The number of pyridine rings is 1. The van der Waals surface area contributed by atoms with Crippen LogP contribution in [0.25, 0.3) is 11.1 Å². The van der Waals surface area contributed by atoms with Gasteiger partial charge in [0.25, 0.3) is 0 Å². The average molecular weight is 282 g/mol. The van der Waals surface area contributed by atoms with Crippen molar-refractivity contribution in [1.29, 1.82) is 0 Å². The normalized spacial score (nSPS) is 10.5. The van der Waals surface area contributed by atoms with E-state index in [1.807, 2.05) is 12.1 Å². The van der Waals surface area contributed by atoms with Crippen LogP contribution in [0.3, 0.4) is 0 Å². The highest BCUT2D eigenvalue weighted by molar-refractivity contribution is 5.75. The summed E-state index contributed by atoms with van der Waals surface area (Å²) in [7, 11) is 0. The predicted molar refractivity (Wildman–Crippen MR) is 76.0 cm³/mol. The molecule has 0 unspecified atom stereocenters. The van der Waals surface area contributed by atoms with Crippen LogP contribution >= 0.6 is 0 Å². The molecule has 3 heterocycles. The van der Waals surface area contributed by atoms with E-state index in [0.717, 1.165) is 16.7 Å². The summed E-state index contributed by atoms with van der Waals surface area (Å²) in [5.41, 5.74) is 2.86. The average Bonchev–Trinajstić information content (AvgIpc) is 3.19. The molecule has 3 rings (SSSR count). The van der Waals surface area contributed by atoms with Gasteiger partial charge in [0.05, 0.1) is 12.5 Å². The number of hydrogen-bond donors (Lipinski definition) is 1. The topological polar surface area (TPSA) is 73.0 Å². The lowest BCUT2D eigenvalue weighted by atomic mass is 10.1. The second kappa shape index (κ2) is 6.04. The Morgan fingerprint density at radius 3 is 3.05 bits per heavy atom. The molecule has 0 aromatic carbocycles. The molecular formula is C15H14N4O2. The number of nitrogens with one attached hydrogen (secondary N) is 1. The molecule has 0 fully saturated rings. The number of amides is 1. The van der Waals surface area contributed by atoms with Gasteiger partial charge in [0.15, 0.2) is 0 Å². The molecule has 0 atom stereocenters. The van der Waals surface area contributed by atoms with Gasteiger partial charge in [-0.2, -0.15) is 5.10 Å². The molecule has 0 saturated carbocycles. The zero-order valence-electron chi connectivity index (χ0n) is 11.3. The van der Waals surface area contributed by atoms with Crippen LogP contribution in [0.5, 0.6) is 0 Å². The van der Waals surface area contributed by atoms with Gasteiger partial charge >= 0.3 is 0 Å². The zero-order valence-corrected chi connectivity index (χ0v) is 11.3. The Morgan fingerprint density at radius 1 is 1.33 bits per heavy atom. The Hall–Kier alpha value is -2.89. The minimum absolute atomic E-state index is 0.0904. The molecule has 0 bridgehead atoms. The summed E-state index contributed by atoms with van der Waals surface area (Å²) in [6, 6.07) is 5.63. The summed E-state index contributed by atoms with van der Waals surface area (Å²) < 4.78 is 6.64. The Labute approximate surface area is 121 Å². The number of rotatable bonds is 5. The smallest absolute Gasteiger partial charge is 0.241 e. The Morgan fingerprint density at radius 2 is 2.29 bits per heavy atom. The Kier molecular flexibility index (Phi) is 3.77. The van der Waals surface area contributed by atoms with Crippen molar-refractivity contribution in [2.45, 2.75) is 13.1 Å². The lowest BCUT2D eigenvalue weighted by molar-refractivity contribution is -0.122. The SMILES string of the molecule is O=C(Cn1cccn1)NCc1cncc(-c2ccoc2)c1. The number of furan rings is 1. The molecule has 3 aromatic rings. The first-order valence-corrected chi connectivity index (χ1v) is 6.52. The largest absolute Gasteiger partial charge is 0.472 e. The first-order valence-electron chi connectivity index (χ1n) is 6.52. The molecule has 106 valence electrons. The van der Waals surface area contributed by atoms with Crippen molar-refractivity contribution in [3.63, 3.8) is 0 Å². The third-order valence-corrected chi connectivity index (χ3v) is 3.00. The first-order chi connectivity index (χ1) is 10.3. The quantitative estimate of drug-likeness (QED) is 0.775. The van der Waals surface area contributed by atoms with Crippen LogP contribution in [0.15, 0.2) is 59.9 Å². The third-order valence-electron chi connectivity index (χ3n) is 3.00. The fraction of sp³-hybridized carbons (Fsp3) is 0.133. The van der Waals surface area contributed by atoms with Crippen LogP contribution in [0, 0.1) is 0 Å². The fourth-order valence-corrected chi connectivity index (χ4v) is 1.97. The van der Waals surface area contributed by atoms with Gasteiger partial charge in [0.1, 0.15) is 6.54 Å². The maximum Gasteiger partial charge on any atom is 0.241 e. The summed E-state index contributed by atoms with van der Waals surface area (Å²) in [5.74, 6) is -0.0904. The second-order valence-corrected chi connectivity index (χ2v) is 4.57. The van der Waals surface area contributed by atoms with Crippen molar-refractivity contribution in [2.24, 2.45) is 0 Å². The van der Waals surface area contributed by atoms with Crippen LogP contribution < -0.4 is 5.32 Å². The van der Waals surface area contributed by atoms with E-state index in [9.17, 15) is 4.79 Å². The van der Waals surface area contributed by atoms with Gasteiger partial charge in [0, 0.05) is 42.5 Å². The molecule has 0 saturated heterocycles. The van der Waals surface area contributed by atoms with Crippen LogP contribution in [0.2, 0.25) is 0 Å². The van der Waals surface area contributed by atoms with Crippen molar-refractivity contribution >= 4 is 5.91 Å². The van der Waals surface area contributed by atoms with Crippen molar-refractivity contribution in [3.05, 3.63) is 61.1 Å². The van der Waals surface area contributed by atoms with Crippen molar-refractivity contribution < 1.29 is 9.21 Å². The van der Waals surface area contributed by atoms with Gasteiger partial charge in [-0.1, -0.05) is 0 Å². The van der Waals surface area contributed by atoms with Gasteiger partial charge in [-0.25, -0.2) is 0 Å². The van der Waals surface area contributed by atoms with Gasteiger partial charge in [-0.3, -0.25) is 14.5 Å². The van der Waals surface area contributed by atoms with Crippen LogP contribution in [0.4, 0.5) is 0 Å². The summed E-state index contributed by atoms with van der Waals surface area (Å²) in [6.45, 7) is 0.640. The van der Waals surface area contributed by atoms with E-state index in [2.05, 4.69) is 15.4 Å². The summed E-state index contributed by atoms with van der Waals surface area (Å²) in [5, 5.41) is 6.84. The fourth-order valence-electron chi connectivity index (χ4n) is 1.97. The summed E-state index contributed by atoms with van der Waals surface area (Å²) >= 11 is 0. The Bertz CT molecular complexity index is 705. The predicted octanol–water partition coefficient (Wildman–Crippen LogP) is 1.85. The van der Waals surface area contributed by atoms with Gasteiger partial charge in [-0.15, -0.1) is 0 Å². The van der Waals surface area contributed by atoms with E-state index in [0.29, 0.717) is 6.54 Å². The second-order valence-electron chi connectivity index (χ2n) is 4.57. The molecule has 6 nitrogen and oxygen atoms in total. The minimum Gasteiger partial charge on any atom is -0.472 e. The van der Waals surface area contributed by atoms with E-state index >= 15 is 0 Å². The maximum absolute atomic E-state index is 11.8. The van der Waals surface area contributed by atoms with E-state index < -0.39 is 0 Å². The van der Waals surface area contributed by atoms with Crippen LogP contribution in [0.1, 0.15) is 5.56 Å². The molecular weight excluding hydrogens is 268 g/mol. The van der Waals surface area contributed by atoms with Crippen LogP contribution in [-0.4, -0.2) is 20.7 Å². The lowest BCUT2D eigenvalue weighted by Crippen LogP contribution is -2.27. The summed E-state index contributed by atoms with van der Waals surface area (Å²) in [4.78, 5) is 16.0. The van der Waals surface area contributed by atoms with E-state index in [1.165, 1.54) is 0 Å². The maximum atomic E-state index is 11.8. The monoisotopic (exact) mass is 282 g/mol. The minimum atomic E-state index is -0.0904. The molecule has 0 aliphatic heterocycles. The zero-order chi connectivity index (χ0) is 14.5. The summed E-state index contributed by atoms with van der Waals surface area (Å²) in [6.07, 6.45) is 10.2. The number of carbonyl (C=O) groups excluding carboxylic acids is 1. The molecule has 21 heavy (non-hydrogen) atoms. The number of aromatic nitrogens is 3. The Balaban J connectivity index is 1.60. The van der Waals surface area contributed by atoms with Gasteiger partial charge < -0.3 is 9.73 Å². The highest BCUT2D eigenvalue weighted by Gasteiger charge is 2.05. The van der Waals surface area contributed by atoms with Crippen molar-refractivity contribution in [1.82, 2.24) is 20.1 Å². The standard InChI is InChI=1S/C15H14N4O2/c20-15(10-19-4-1-3-18-19)17-8-12-6-14(9-16-7-12)13-2-5-21-11-13/h1-7,9,11H,8,10H2,(H,17,20). The highest BCUT2D eigenvalue weighted by atomic mass is 16.3. The van der Waals surface area contributed by atoms with Crippen molar-refractivity contribution in [3.8, 4) is 11.1 Å². The first kappa shape index (κ1) is 13.1. The lowest BCUT2D eigenvalue weighted by Gasteiger charge is -2.06. The number of nitrogens with zero attached hydrogens (tertiary/aromatic N) is 3. The van der Waals surface area contributed by atoms with Crippen LogP contribution in [-0.2, 0) is 17.9 Å². The van der Waals surface area contributed by atoms with Crippen molar-refractivity contribution in [2.75, 3.05) is 0 Å². The molecule has 0 aliphatic rings. The van der Waals surface area contributed by atoms with Gasteiger partial charge in [-0.05, 0) is 23.8 Å². The highest BCUT2D eigenvalue weighted by Crippen LogP contribution is 2.19. The third kappa shape index (κ3) is 3.36.